The van der Waals surface area contributed by atoms with Crippen molar-refractivity contribution < 1.29 is 4.79 Å². The van der Waals surface area contributed by atoms with E-state index in [1.807, 2.05) is 27.7 Å². The molecule has 20 heavy (non-hydrogen) atoms. The quantitative estimate of drug-likeness (QED) is 0.891. The van der Waals surface area contributed by atoms with Crippen LogP contribution >= 0.6 is 0 Å². The summed E-state index contributed by atoms with van der Waals surface area (Å²) >= 11 is 0. The number of carbonyl (C=O) groups is 1. The highest BCUT2D eigenvalue weighted by Gasteiger charge is 2.18. The average molecular weight is 273 g/mol. The normalized spacial score (nSPS) is 10.7. The SMILES string of the molecule is Cc1c(C)c(C)c(C(=O)NCc2nn[nH]n2)c(C)c1C. The van der Waals surface area contributed by atoms with Gasteiger partial charge in [0.2, 0.25) is 0 Å². The third-order valence-corrected chi connectivity index (χ3v) is 4.02. The van der Waals surface area contributed by atoms with E-state index in [-0.39, 0.29) is 12.5 Å². The molecule has 2 aromatic rings. The maximum absolute atomic E-state index is 12.4. The molecule has 1 amide bonds. The first-order chi connectivity index (χ1) is 9.43. The number of amides is 1. The summed E-state index contributed by atoms with van der Waals surface area (Å²) in [6.07, 6.45) is 0. The van der Waals surface area contributed by atoms with Crippen LogP contribution in [0.4, 0.5) is 0 Å². The number of aromatic amines is 1. The zero-order chi connectivity index (χ0) is 14.9. The summed E-state index contributed by atoms with van der Waals surface area (Å²) in [4.78, 5) is 12.4. The van der Waals surface area contributed by atoms with Gasteiger partial charge in [-0.2, -0.15) is 5.21 Å². The highest BCUT2D eigenvalue weighted by atomic mass is 16.1. The molecule has 1 heterocycles. The van der Waals surface area contributed by atoms with Crippen LogP contribution in [0, 0.1) is 34.6 Å². The zero-order valence-corrected chi connectivity index (χ0v) is 12.5. The minimum atomic E-state index is -0.101. The Labute approximate surface area is 118 Å². The van der Waals surface area contributed by atoms with E-state index in [0.717, 1.165) is 27.8 Å². The number of hydrogen-bond donors (Lipinski definition) is 2. The van der Waals surface area contributed by atoms with Gasteiger partial charge >= 0.3 is 0 Å². The van der Waals surface area contributed by atoms with Gasteiger partial charge in [0, 0.05) is 5.56 Å². The highest BCUT2D eigenvalue weighted by Crippen LogP contribution is 2.25. The summed E-state index contributed by atoms with van der Waals surface area (Å²) in [6.45, 7) is 10.4. The van der Waals surface area contributed by atoms with Gasteiger partial charge in [-0.1, -0.05) is 5.21 Å². The minimum absolute atomic E-state index is 0.101. The summed E-state index contributed by atoms with van der Waals surface area (Å²) in [5, 5.41) is 16.3. The van der Waals surface area contributed by atoms with Gasteiger partial charge in [-0.25, -0.2) is 0 Å². The van der Waals surface area contributed by atoms with Crippen LogP contribution in [0.5, 0.6) is 0 Å². The number of hydrogen-bond acceptors (Lipinski definition) is 4. The number of nitrogens with one attached hydrogen (secondary N) is 2. The van der Waals surface area contributed by atoms with Gasteiger partial charge in [0.25, 0.3) is 5.91 Å². The molecule has 0 aliphatic carbocycles. The Bertz CT molecular complexity index is 617. The Morgan fingerprint density at radius 3 is 2.05 bits per heavy atom. The third kappa shape index (κ3) is 2.41. The maximum atomic E-state index is 12.4. The Balaban J connectivity index is 2.30. The van der Waals surface area contributed by atoms with Crippen LogP contribution < -0.4 is 5.32 Å². The predicted octanol–water partition coefficient (Wildman–Crippen LogP) is 1.67. The summed E-state index contributed by atoms with van der Waals surface area (Å²) < 4.78 is 0. The molecule has 1 aromatic heterocycles. The second kappa shape index (κ2) is 5.40. The first kappa shape index (κ1) is 14.2. The number of benzene rings is 1. The number of rotatable bonds is 3. The van der Waals surface area contributed by atoms with E-state index in [0.29, 0.717) is 5.82 Å². The smallest absolute Gasteiger partial charge is 0.252 e. The Morgan fingerprint density at radius 2 is 1.55 bits per heavy atom. The van der Waals surface area contributed by atoms with Gasteiger partial charge in [0.15, 0.2) is 5.82 Å². The number of tetrazole rings is 1. The molecule has 0 aliphatic rings. The Hall–Kier alpha value is -2.24. The summed E-state index contributed by atoms with van der Waals surface area (Å²) in [5.74, 6) is 0.366. The van der Waals surface area contributed by atoms with Gasteiger partial charge in [-0.05, 0) is 62.4 Å². The highest BCUT2D eigenvalue weighted by molar-refractivity contribution is 5.97. The zero-order valence-electron chi connectivity index (χ0n) is 12.5. The summed E-state index contributed by atoms with van der Waals surface area (Å²) in [7, 11) is 0. The van der Waals surface area contributed by atoms with Crippen LogP contribution in [-0.2, 0) is 6.54 Å². The fraction of sp³-hybridized carbons (Fsp3) is 0.429. The van der Waals surface area contributed by atoms with E-state index < -0.39 is 0 Å². The lowest BCUT2D eigenvalue weighted by atomic mass is 9.89. The van der Waals surface area contributed by atoms with Crippen molar-refractivity contribution in [1.82, 2.24) is 25.9 Å². The van der Waals surface area contributed by atoms with Gasteiger partial charge in [0.05, 0.1) is 6.54 Å². The maximum Gasteiger partial charge on any atom is 0.252 e. The number of aromatic nitrogens is 4. The monoisotopic (exact) mass is 273 g/mol. The molecule has 0 atom stereocenters. The van der Waals surface area contributed by atoms with E-state index in [4.69, 9.17) is 0 Å². The third-order valence-electron chi connectivity index (χ3n) is 4.02. The lowest BCUT2D eigenvalue weighted by molar-refractivity contribution is 0.0948. The van der Waals surface area contributed by atoms with Gasteiger partial charge in [-0.3, -0.25) is 4.79 Å². The molecule has 2 N–H and O–H groups in total. The van der Waals surface area contributed by atoms with Crippen molar-refractivity contribution in [2.75, 3.05) is 0 Å². The van der Waals surface area contributed by atoms with Crippen LogP contribution in [0.2, 0.25) is 0 Å². The second-order valence-corrected chi connectivity index (χ2v) is 5.01. The van der Waals surface area contributed by atoms with Crippen molar-refractivity contribution in [2.24, 2.45) is 0 Å². The molecule has 6 heteroatoms. The lowest BCUT2D eigenvalue weighted by Gasteiger charge is -2.17. The van der Waals surface area contributed by atoms with E-state index in [1.54, 1.807) is 0 Å². The Kier molecular flexibility index (Phi) is 3.83. The van der Waals surface area contributed by atoms with Crippen LogP contribution in [-0.4, -0.2) is 26.5 Å². The molecular weight excluding hydrogens is 254 g/mol. The number of nitrogens with zero attached hydrogens (tertiary/aromatic N) is 3. The molecule has 0 saturated heterocycles. The van der Waals surface area contributed by atoms with Crippen LogP contribution in [0.25, 0.3) is 0 Å². The van der Waals surface area contributed by atoms with E-state index >= 15 is 0 Å². The molecule has 106 valence electrons. The molecular formula is C14H19N5O. The van der Waals surface area contributed by atoms with Gasteiger partial charge < -0.3 is 5.32 Å². The van der Waals surface area contributed by atoms with E-state index in [9.17, 15) is 4.79 Å². The fourth-order valence-electron chi connectivity index (χ4n) is 2.35. The fourth-order valence-corrected chi connectivity index (χ4v) is 2.35. The lowest BCUT2D eigenvalue weighted by Crippen LogP contribution is -2.26. The molecule has 2 rings (SSSR count). The standard InChI is InChI=1S/C14H19N5O/c1-7-8(2)10(4)13(11(5)9(7)3)14(20)15-6-12-16-18-19-17-12/h6H2,1-5H3,(H,15,20)(H,16,17,18,19). The van der Waals surface area contributed by atoms with Crippen LogP contribution in [0.1, 0.15) is 44.0 Å². The van der Waals surface area contributed by atoms with Crippen molar-refractivity contribution >= 4 is 5.91 Å². The molecule has 0 saturated carbocycles. The van der Waals surface area contributed by atoms with E-state index in [2.05, 4.69) is 32.9 Å². The molecule has 0 radical (unpaired) electrons. The van der Waals surface area contributed by atoms with Gasteiger partial charge in [-0.15, -0.1) is 10.2 Å². The van der Waals surface area contributed by atoms with Crippen LogP contribution in [0.3, 0.4) is 0 Å². The molecule has 6 nitrogen and oxygen atoms in total. The van der Waals surface area contributed by atoms with Crippen molar-refractivity contribution in [1.29, 1.82) is 0 Å². The first-order valence-corrected chi connectivity index (χ1v) is 6.51. The summed E-state index contributed by atoms with van der Waals surface area (Å²) in [5.41, 5.74) is 6.37. The average Bonchev–Trinajstić information content (AvgIpc) is 2.94. The second-order valence-electron chi connectivity index (χ2n) is 5.01. The van der Waals surface area contributed by atoms with E-state index in [1.165, 1.54) is 5.56 Å². The van der Waals surface area contributed by atoms with Crippen molar-refractivity contribution in [3.8, 4) is 0 Å². The molecule has 0 aliphatic heterocycles. The predicted molar refractivity (Wildman–Crippen MR) is 75.5 cm³/mol. The Morgan fingerprint density at radius 1 is 1.00 bits per heavy atom. The van der Waals surface area contributed by atoms with Crippen LogP contribution in [0.15, 0.2) is 0 Å². The van der Waals surface area contributed by atoms with Gasteiger partial charge in [0.1, 0.15) is 0 Å². The first-order valence-electron chi connectivity index (χ1n) is 6.51. The molecule has 1 aromatic carbocycles. The minimum Gasteiger partial charge on any atom is -0.345 e. The largest absolute Gasteiger partial charge is 0.345 e. The number of carbonyl (C=O) groups excluding carboxylic acids is 1. The molecule has 0 bridgehead atoms. The summed E-state index contributed by atoms with van der Waals surface area (Å²) in [6, 6.07) is 0. The molecule has 0 spiro atoms. The topological polar surface area (TPSA) is 83.6 Å². The number of H-pyrrole nitrogens is 1. The van der Waals surface area contributed by atoms with Crippen molar-refractivity contribution in [2.45, 2.75) is 41.2 Å². The molecule has 0 unspecified atom stereocenters. The van der Waals surface area contributed by atoms with Crippen molar-refractivity contribution in [3.63, 3.8) is 0 Å². The van der Waals surface area contributed by atoms with Crippen molar-refractivity contribution in [3.05, 3.63) is 39.2 Å². The molecule has 0 fully saturated rings.